The number of hydrogen-bond donors (Lipinski definition) is 0. The summed E-state index contributed by atoms with van der Waals surface area (Å²) in [4.78, 5) is 24.5. The molecule has 0 bridgehead atoms. The maximum absolute atomic E-state index is 13.1. The Bertz CT molecular complexity index is 1170. The Kier molecular flexibility index (Phi) is 5.52. The number of carbonyl (C=O) groups is 1. The lowest BCUT2D eigenvalue weighted by Gasteiger charge is -2.40. The van der Waals surface area contributed by atoms with Crippen LogP contribution in [0.4, 0.5) is 19.0 Å². The third kappa shape index (κ3) is 4.25. The molecule has 0 aliphatic carbocycles. The number of carbonyl (C=O) groups excluding carboxylic acids is 1. The summed E-state index contributed by atoms with van der Waals surface area (Å²) >= 11 is 0. The van der Waals surface area contributed by atoms with E-state index in [2.05, 4.69) is 19.6 Å². The number of hydrogen-bond acceptors (Lipinski definition) is 7. The average molecular weight is 442 g/mol. The molecule has 3 aromatic rings. The number of anilines is 1. The van der Waals surface area contributed by atoms with Gasteiger partial charge in [-0.3, -0.25) is 4.79 Å². The minimum atomic E-state index is -4.74. The Morgan fingerprint density at radius 1 is 1.25 bits per heavy atom. The fourth-order valence-corrected chi connectivity index (χ4v) is 3.52. The SMILES string of the molecule is CC1CN(c2ccc(C#N)cn2)CCN1C(=O)c1cccc(-c2noc(C(F)(F)F)n2)c1. The predicted molar refractivity (Wildman–Crippen MR) is 106 cm³/mol. The van der Waals surface area contributed by atoms with Crippen molar-refractivity contribution in [3.63, 3.8) is 0 Å². The van der Waals surface area contributed by atoms with Gasteiger partial charge in [0, 0.05) is 43.0 Å². The molecule has 3 heterocycles. The minimum absolute atomic E-state index is 0.139. The largest absolute Gasteiger partial charge is 0.471 e. The topological polar surface area (TPSA) is 99.2 Å². The number of pyridine rings is 1. The summed E-state index contributed by atoms with van der Waals surface area (Å²) in [7, 11) is 0. The summed E-state index contributed by atoms with van der Waals surface area (Å²) in [6.45, 7) is 3.44. The quantitative estimate of drug-likeness (QED) is 0.613. The van der Waals surface area contributed by atoms with Crippen LogP contribution in [0.1, 0.15) is 28.7 Å². The van der Waals surface area contributed by atoms with Crippen LogP contribution in [-0.4, -0.2) is 51.6 Å². The molecule has 1 amide bonds. The molecule has 164 valence electrons. The fourth-order valence-electron chi connectivity index (χ4n) is 3.52. The number of benzene rings is 1. The van der Waals surface area contributed by atoms with Crippen LogP contribution in [0.3, 0.4) is 0 Å². The highest BCUT2D eigenvalue weighted by Gasteiger charge is 2.38. The summed E-state index contributed by atoms with van der Waals surface area (Å²) < 4.78 is 42.4. The summed E-state index contributed by atoms with van der Waals surface area (Å²) in [5.74, 6) is -1.20. The first-order valence-electron chi connectivity index (χ1n) is 9.69. The van der Waals surface area contributed by atoms with Crippen molar-refractivity contribution < 1.29 is 22.5 Å². The minimum Gasteiger partial charge on any atom is -0.353 e. The van der Waals surface area contributed by atoms with Crippen molar-refractivity contribution in [1.82, 2.24) is 20.0 Å². The Morgan fingerprint density at radius 2 is 2.06 bits per heavy atom. The zero-order valence-electron chi connectivity index (χ0n) is 16.9. The monoisotopic (exact) mass is 442 g/mol. The molecule has 1 unspecified atom stereocenters. The van der Waals surface area contributed by atoms with Gasteiger partial charge in [-0.2, -0.15) is 23.4 Å². The number of nitriles is 1. The van der Waals surface area contributed by atoms with E-state index in [0.29, 0.717) is 30.8 Å². The molecule has 32 heavy (non-hydrogen) atoms. The lowest BCUT2D eigenvalue weighted by molar-refractivity contribution is -0.159. The van der Waals surface area contributed by atoms with Crippen LogP contribution in [0, 0.1) is 11.3 Å². The molecule has 11 heteroatoms. The van der Waals surface area contributed by atoms with Crippen LogP contribution in [0.5, 0.6) is 0 Å². The van der Waals surface area contributed by atoms with Gasteiger partial charge in [0.25, 0.3) is 5.91 Å². The molecule has 0 radical (unpaired) electrons. The molecule has 0 spiro atoms. The van der Waals surface area contributed by atoms with Gasteiger partial charge in [0.05, 0.1) is 5.56 Å². The molecule has 2 aromatic heterocycles. The van der Waals surface area contributed by atoms with Crippen molar-refractivity contribution in [2.45, 2.75) is 19.1 Å². The van der Waals surface area contributed by atoms with Crippen LogP contribution in [0.2, 0.25) is 0 Å². The van der Waals surface area contributed by atoms with Gasteiger partial charge in [0.2, 0.25) is 5.82 Å². The highest BCUT2D eigenvalue weighted by atomic mass is 19.4. The lowest BCUT2D eigenvalue weighted by Crippen LogP contribution is -2.54. The fraction of sp³-hybridized carbons (Fsp3) is 0.286. The number of alkyl halides is 3. The van der Waals surface area contributed by atoms with Crippen LogP contribution in [0.15, 0.2) is 47.1 Å². The maximum Gasteiger partial charge on any atom is 0.471 e. The highest BCUT2D eigenvalue weighted by Crippen LogP contribution is 2.29. The van der Waals surface area contributed by atoms with Gasteiger partial charge in [0.15, 0.2) is 0 Å². The van der Waals surface area contributed by atoms with Gasteiger partial charge in [0.1, 0.15) is 11.9 Å². The van der Waals surface area contributed by atoms with Crippen molar-refractivity contribution >= 4 is 11.7 Å². The second-order valence-corrected chi connectivity index (χ2v) is 7.31. The van der Waals surface area contributed by atoms with E-state index < -0.39 is 12.1 Å². The molecule has 1 saturated heterocycles. The number of rotatable bonds is 3. The molecule has 8 nitrogen and oxygen atoms in total. The number of aromatic nitrogens is 3. The summed E-state index contributed by atoms with van der Waals surface area (Å²) in [6, 6.07) is 11.5. The normalized spacial score (nSPS) is 16.7. The Hall–Kier alpha value is -3.94. The van der Waals surface area contributed by atoms with E-state index in [0.717, 1.165) is 5.82 Å². The van der Waals surface area contributed by atoms with Gasteiger partial charge in [-0.1, -0.05) is 17.3 Å². The average Bonchev–Trinajstić information content (AvgIpc) is 3.30. The molecule has 0 N–H and O–H groups in total. The Morgan fingerprint density at radius 3 is 2.69 bits per heavy atom. The van der Waals surface area contributed by atoms with Crippen LogP contribution in [0.25, 0.3) is 11.4 Å². The van der Waals surface area contributed by atoms with Gasteiger partial charge >= 0.3 is 12.1 Å². The Labute approximate surface area is 180 Å². The molecule has 1 aliphatic rings. The molecule has 1 aromatic carbocycles. The molecular weight excluding hydrogens is 425 g/mol. The van der Waals surface area contributed by atoms with E-state index in [1.807, 2.05) is 17.9 Å². The molecule has 4 rings (SSSR count). The smallest absolute Gasteiger partial charge is 0.353 e. The molecular formula is C21H17F3N6O2. The van der Waals surface area contributed by atoms with Gasteiger partial charge in [-0.15, -0.1) is 0 Å². The van der Waals surface area contributed by atoms with Gasteiger partial charge in [-0.25, -0.2) is 4.98 Å². The van der Waals surface area contributed by atoms with E-state index in [4.69, 9.17) is 5.26 Å². The van der Waals surface area contributed by atoms with Crippen molar-refractivity contribution in [2.24, 2.45) is 0 Å². The van der Waals surface area contributed by atoms with Crippen LogP contribution < -0.4 is 4.90 Å². The lowest BCUT2D eigenvalue weighted by atomic mass is 10.1. The summed E-state index contributed by atoms with van der Waals surface area (Å²) in [5.41, 5.74) is 1.04. The zero-order valence-corrected chi connectivity index (χ0v) is 16.9. The van der Waals surface area contributed by atoms with Crippen molar-refractivity contribution in [2.75, 3.05) is 24.5 Å². The van der Waals surface area contributed by atoms with Crippen molar-refractivity contribution in [3.05, 3.63) is 59.6 Å². The number of piperazine rings is 1. The zero-order chi connectivity index (χ0) is 22.9. The number of amides is 1. The first-order valence-corrected chi connectivity index (χ1v) is 9.69. The third-order valence-corrected chi connectivity index (χ3v) is 5.13. The summed E-state index contributed by atoms with van der Waals surface area (Å²) in [6.07, 6.45) is -3.23. The van der Waals surface area contributed by atoms with Crippen molar-refractivity contribution in [3.8, 4) is 17.5 Å². The van der Waals surface area contributed by atoms with E-state index in [1.54, 1.807) is 29.2 Å². The van der Waals surface area contributed by atoms with Gasteiger partial charge in [-0.05, 0) is 31.2 Å². The Balaban J connectivity index is 1.48. The second-order valence-electron chi connectivity index (χ2n) is 7.31. The van der Waals surface area contributed by atoms with Crippen molar-refractivity contribution in [1.29, 1.82) is 5.26 Å². The first kappa shape index (κ1) is 21.3. The highest BCUT2D eigenvalue weighted by molar-refractivity contribution is 5.95. The van der Waals surface area contributed by atoms with Crippen LogP contribution in [-0.2, 0) is 6.18 Å². The molecule has 1 aliphatic heterocycles. The first-order chi connectivity index (χ1) is 15.3. The standard InChI is InChI=1S/C21H17F3N6O2/c1-13-12-29(17-6-5-14(10-25)11-26-17)7-8-30(13)19(31)16-4-2-3-15(9-16)18-27-20(32-28-18)21(22,23)24/h2-6,9,11,13H,7-8,12H2,1H3. The number of halogens is 3. The van der Waals surface area contributed by atoms with E-state index in [9.17, 15) is 18.0 Å². The molecule has 1 fully saturated rings. The van der Waals surface area contributed by atoms with Gasteiger partial charge < -0.3 is 14.3 Å². The summed E-state index contributed by atoms with van der Waals surface area (Å²) in [5, 5.41) is 12.3. The van der Waals surface area contributed by atoms with E-state index in [1.165, 1.54) is 18.3 Å². The number of nitrogens with zero attached hydrogens (tertiary/aromatic N) is 6. The van der Waals surface area contributed by atoms with E-state index >= 15 is 0 Å². The molecule has 1 atom stereocenters. The maximum atomic E-state index is 13.1. The third-order valence-electron chi connectivity index (χ3n) is 5.13. The second kappa shape index (κ2) is 8.30. The predicted octanol–water partition coefficient (Wildman–Crippen LogP) is 3.37. The van der Waals surface area contributed by atoms with Crippen LogP contribution >= 0.6 is 0 Å². The van der Waals surface area contributed by atoms with E-state index in [-0.39, 0.29) is 23.3 Å². The molecule has 0 saturated carbocycles.